The average Bonchev–Trinajstić information content (AvgIpc) is 2.62. The molecule has 1 amide bonds. The molecule has 0 unspecified atom stereocenters. The second kappa shape index (κ2) is 7.44. The lowest BCUT2D eigenvalue weighted by Crippen LogP contribution is -2.39. The number of ether oxygens (including phenoxy) is 3. The molecule has 6 nitrogen and oxygen atoms in total. The summed E-state index contributed by atoms with van der Waals surface area (Å²) in [6, 6.07) is 12.2. The number of aryl methyl sites for hydroxylation is 1. The van der Waals surface area contributed by atoms with Crippen LogP contribution in [0.5, 0.6) is 11.5 Å². The van der Waals surface area contributed by atoms with Gasteiger partial charge < -0.3 is 19.5 Å². The number of nitrogens with one attached hydrogen (secondary N) is 1. The smallest absolute Gasteiger partial charge is 0.351 e. The normalized spacial score (nSPS) is 15.4. The third kappa shape index (κ3) is 4.22. The number of fused-ring (bicyclic) bond motifs is 1. The Hall–Kier alpha value is -2.73. The fraction of sp³-hybridized carbons (Fsp3) is 0.222. The van der Waals surface area contributed by atoms with Gasteiger partial charge in [-0.05, 0) is 36.8 Å². The highest BCUT2D eigenvalue weighted by atomic mass is 35.5. The van der Waals surface area contributed by atoms with Gasteiger partial charge in [0.2, 0.25) is 6.10 Å². The molecule has 1 N–H and O–H groups in total. The molecule has 1 atom stereocenters. The zero-order valence-corrected chi connectivity index (χ0v) is 14.2. The molecule has 0 bridgehead atoms. The Morgan fingerprint density at radius 3 is 2.80 bits per heavy atom. The summed E-state index contributed by atoms with van der Waals surface area (Å²) in [7, 11) is 0. The molecule has 25 heavy (non-hydrogen) atoms. The highest BCUT2D eigenvalue weighted by Gasteiger charge is 2.29. The van der Waals surface area contributed by atoms with Gasteiger partial charge in [0.1, 0.15) is 6.61 Å². The molecule has 1 aliphatic rings. The van der Waals surface area contributed by atoms with Crippen molar-refractivity contribution in [3.05, 3.63) is 53.1 Å². The van der Waals surface area contributed by atoms with E-state index in [1.807, 2.05) is 13.0 Å². The third-order valence-corrected chi connectivity index (χ3v) is 3.83. The molecule has 0 saturated carbocycles. The van der Waals surface area contributed by atoms with Crippen LogP contribution in [-0.2, 0) is 14.3 Å². The molecule has 0 aliphatic carbocycles. The Morgan fingerprint density at radius 1 is 1.24 bits per heavy atom. The predicted octanol–water partition coefficient (Wildman–Crippen LogP) is 2.97. The lowest BCUT2D eigenvalue weighted by molar-refractivity contribution is -0.156. The first-order valence-corrected chi connectivity index (χ1v) is 8.02. The number of rotatable bonds is 4. The summed E-state index contributed by atoms with van der Waals surface area (Å²) in [6.45, 7) is 1.44. The average molecular weight is 362 g/mol. The molecule has 0 aromatic heterocycles. The van der Waals surface area contributed by atoms with Gasteiger partial charge in [-0.25, -0.2) is 4.79 Å². The van der Waals surface area contributed by atoms with Crippen molar-refractivity contribution >= 4 is 29.2 Å². The van der Waals surface area contributed by atoms with Gasteiger partial charge in [-0.2, -0.15) is 0 Å². The number of halogens is 1. The maximum absolute atomic E-state index is 12.1. The molecule has 1 aliphatic heterocycles. The lowest BCUT2D eigenvalue weighted by atomic mass is 10.2. The topological polar surface area (TPSA) is 73.9 Å². The van der Waals surface area contributed by atoms with Gasteiger partial charge in [0.25, 0.3) is 5.91 Å². The number of benzene rings is 2. The van der Waals surface area contributed by atoms with E-state index in [-0.39, 0.29) is 6.61 Å². The minimum Gasteiger partial charge on any atom is -0.485 e. The Balaban J connectivity index is 1.52. The van der Waals surface area contributed by atoms with Crippen molar-refractivity contribution in [2.45, 2.75) is 13.0 Å². The first-order chi connectivity index (χ1) is 12.0. The molecule has 130 valence electrons. The second-order valence-corrected chi connectivity index (χ2v) is 5.92. The van der Waals surface area contributed by atoms with E-state index < -0.39 is 24.6 Å². The van der Waals surface area contributed by atoms with Gasteiger partial charge in [-0.1, -0.05) is 29.8 Å². The van der Waals surface area contributed by atoms with Crippen LogP contribution in [0.25, 0.3) is 0 Å². The monoisotopic (exact) mass is 361 g/mol. The second-order valence-electron chi connectivity index (χ2n) is 5.48. The molecule has 2 aromatic rings. The number of anilines is 1. The van der Waals surface area contributed by atoms with Crippen LogP contribution in [0.15, 0.2) is 42.5 Å². The Labute approximate surface area is 149 Å². The highest BCUT2D eigenvalue weighted by molar-refractivity contribution is 6.31. The lowest BCUT2D eigenvalue weighted by Gasteiger charge is -2.24. The maximum atomic E-state index is 12.1. The number of hydrogen-bond donors (Lipinski definition) is 1. The molecule has 3 rings (SSSR count). The summed E-state index contributed by atoms with van der Waals surface area (Å²) in [5.41, 5.74) is 1.42. The van der Waals surface area contributed by atoms with Gasteiger partial charge in [0.05, 0.1) is 0 Å². The molecule has 1 heterocycles. The number of para-hydroxylation sites is 2. The number of carbonyl (C=O) groups is 2. The SMILES string of the molecule is Cc1ccc(Cl)cc1NC(=O)COC(=O)[C@@H]1COc2ccccc2O1. The fourth-order valence-corrected chi connectivity index (χ4v) is 2.45. The van der Waals surface area contributed by atoms with Crippen molar-refractivity contribution in [1.29, 1.82) is 0 Å². The Bertz CT molecular complexity index is 808. The minimum atomic E-state index is -0.907. The van der Waals surface area contributed by atoms with Crippen LogP contribution in [0, 0.1) is 6.92 Å². The summed E-state index contributed by atoms with van der Waals surface area (Å²) < 4.78 is 16.0. The molecule has 0 fully saturated rings. The number of hydrogen-bond acceptors (Lipinski definition) is 5. The first kappa shape index (κ1) is 17.1. The van der Waals surface area contributed by atoms with Crippen molar-refractivity contribution in [1.82, 2.24) is 0 Å². The predicted molar refractivity (Wildman–Crippen MR) is 92.1 cm³/mol. The van der Waals surface area contributed by atoms with Crippen molar-refractivity contribution in [3.63, 3.8) is 0 Å². The van der Waals surface area contributed by atoms with Crippen LogP contribution in [0.1, 0.15) is 5.56 Å². The minimum absolute atomic E-state index is 0.0326. The number of carbonyl (C=O) groups excluding carboxylic acids is 2. The molecule has 0 saturated heterocycles. The van der Waals surface area contributed by atoms with Crippen molar-refractivity contribution in [3.8, 4) is 11.5 Å². The summed E-state index contributed by atoms with van der Waals surface area (Å²) >= 11 is 5.90. The van der Waals surface area contributed by atoms with E-state index in [0.717, 1.165) is 5.56 Å². The van der Waals surface area contributed by atoms with E-state index >= 15 is 0 Å². The van der Waals surface area contributed by atoms with E-state index in [2.05, 4.69) is 5.32 Å². The number of amides is 1. The summed E-state index contributed by atoms with van der Waals surface area (Å²) in [5, 5.41) is 3.16. The van der Waals surface area contributed by atoms with Gasteiger partial charge in [0.15, 0.2) is 18.1 Å². The molecule has 2 aromatic carbocycles. The number of esters is 1. The van der Waals surface area contributed by atoms with Crippen molar-refractivity contribution in [2.75, 3.05) is 18.5 Å². The molecule has 0 spiro atoms. The van der Waals surface area contributed by atoms with Gasteiger partial charge in [-0.15, -0.1) is 0 Å². The van der Waals surface area contributed by atoms with Crippen LogP contribution in [-0.4, -0.2) is 31.2 Å². The van der Waals surface area contributed by atoms with Gasteiger partial charge in [-0.3, -0.25) is 4.79 Å². The Kier molecular flexibility index (Phi) is 5.09. The van der Waals surface area contributed by atoms with E-state index in [4.69, 9.17) is 25.8 Å². The largest absolute Gasteiger partial charge is 0.485 e. The fourth-order valence-electron chi connectivity index (χ4n) is 2.28. The summed E-state index contributed by atoms with van der Waals surface area (Å²) in [4.78, 5) is 24.0. The Morgan fingerprint density at radius 2 is 2.00 bits per heavy atom. The quantitative estimate of drug-likeness (QED) is 0.847. The van der Waals surface area contributed by atoms with Gasteiger partial charge in [0, 0.05) is 10.7 Å². The van der Waals surface area contributed by atoms with Crippen LogP contribution < -0.4 is 14.8 Å². The molecular formula is C18H16ClNO5. The zero-order chi connectivity index (χ0) is 17.8. The highest BCUT2D eigenvalue weighted by Crippen LogP contribution is 2.31. The standard InChI is InChI=1S/C18H16ClNO5/c1-11-6-7-12(19)8-13(11)20-17(21)10-24-18(22)16-9-23-14-4-2-3-5-15(14)25-16/h2-8,16H,9-10H2,1H3,(H,20,21)/t16-/m0/s1. The van der Waals surface area contributed by atoms with Crippen molar-refractivity contribution in [2.24, 2.45) is 0 Å². The summed E-state index contributed by atoms with van der Waals surface area (Å²) in [5.74, 6) is -0.0845. The van der Waals surface area contributed by atoms with Crippen LogP contribution in [0.2, 0.25) is 5.02 Å². The molecule has 0 radical (unpaired) electrons. The van der Waals surface area contributed by atoms with E-state index in [1.54, 1.807) is 36.4 Å². The van der Waals surface area contributed by atoms with E-state index in [9.17, 15) is 9.59 Å². The zero-order valence-electron chi connectivity index (χ0n) is 13.5. The third-order valence-electron chi connectivity index (χ3n) is 3.59. The van der Waals surface area contributed by atoms with Crippen molar-refractivity contribution < 1.29 is 23.8 Å². The summed E-state index contributed by atoms with van der Waals surface area (Å²) in [6.07, 6.45) is -0.907. The van der Waals surface area contributed by atoms with Crippen LogP contribution >= 0.6 is 11.6 Å². The van der Waals surface area contributed by atoms with E-state index in [0.29, 0.717) is 22.2 Å². The van der Waals surface area contributed by atoms with Gasteiger partial charge >= 0.3 is 5.97 Å². The van der Waals surface area contributed by atoms with Crippen LogP contribution in [0.3, 0.4) is 0 Å². The van der Waals surface area contributed by atoms with Crippen LogP contribution in [0.4, 0.5) is 5.69 Å². The van der Waals surface area contributed by atoms with E-state index in [1.165, 1.54) is 0 Å². The molecule has 7 heteroatoms. The maximum Gasteiger partial charge on any atom is 0.351 e. The first-order valence-electron chi connectivity index (χ1n) is 7.64. The molecular weight excluding hydrogens is 346 g/mol.